The first-order chi connectivity index (χ1) is 35.5. The lowest BCUT2D eigenvalue weighted by atomic mass is 9.98. The Morgan fingerprint density at radius 1 is 0.306 bits per heavy atom. The van der Waals surface area contributed by atoms with E-state index in [0.29, 0.717) is 0 Å². The maximum absolute atomic E-state index is 2.74. The number of fused-ring (bicyclic) bond motifs is 9. The van der Waals surface area contributed by atoms with Crippen LogP contribution in [0.15, 0.2) is 267 Å². The second-order valence-electron chi connectivity index (χ2n) is 20.0. The molecule has 0 bridgehead atoms. The van der Waals surface area contributed by atoms with E-state index in [-0.39, 0.29) is 0 Å². The van der Waals surface area contributed by atoms with Crippen LogP contribution in [0.1, 0.15) is 0 Å². The van der Waals surface area contributed by atoms with Crippen LogP contribution in [0.25, 0.3) is 72.0 Å². The Labute approximate surface area is 423 Å². The van der Waals surface area contributed by atoms with E-state index in [0.717, 1.165) is 5.69 Å². The standard InChI is InChI=1S/C68H50N2Si2/c1-71(2)66-44-50(49-34-42-64-62(43-49)57-27-15-17-29-63(57)70(64)51-21-9-4-10-22-51)33-39-59(66)60-40-37-53(45-67(60)71)69(52-35-31-48(32-36-52)47-19-7-3-8-20-47)54-38-41-61-58-28-16-18-30-65(58)72(68(61)46-54,55-23-11-5-12-24-55)56-25-13-6-14-26-56/h3-46H,1-2H3/q-2. The van der Waals surface area contributed by atoms with E-state index in [4.69, 9.17) is 0 Å². The third kappa shape index (κ3) is 6.39. The van der Waals surface area contributed by atoms with Crippen LogP contribution in [0.3, 0.4) is 0 Å². The normalized spacial score (nSPS) is 13.6. The van der Waals surface area contributed by atoms with Crippen LogP contribution in [-0.4, -0.2) is 20.7 Å². The molecule has 0 saturated carbocycles. The minimum absolute atomic E-state index is 1.14. The fourth-order valence-corrected chi connectivity index (χ4v) is 20.8. The van der Waals surface area contributed by atoms with Crippen LogP contribution in [0, 0.1) is 0 Å². The Bertz CT molecular complexity index is 4010. The van der Waals surface area contributed by atoms with Crippen LogP contribution in [0.4, 0.5) is 17.1 Å². The van der Waals surface area contributed by atoms with Gasteiger partial charge >= 0.3 is 0 Å². The van der Waals surface area contributed by atoms with Gasteiger partial charge in [0.2, 0.25) is 0 Å². The summed E-state index contributed by atoms with van der Waals surface area (Å²) < 4.78 is 2.40. The van der Waals surface area contributed by atoms with E-state index in [1.807, 2.05) is 0 Å². The SMILES string of the molecule is C[Si-]1(C)c2cc(-c3ccc4c(c3)c3ccccc3n4-c3ccccc3)ccc2-c2ccc(N(c3ccc(-c4ccccc4)cc3)c3ccc4c(c3)[Si-](c3ccccc3)(c3ccccc3)c3ccccc3-4)cc21. The summed E-state index contributed by atoms with van der Waals surface area (Å²) in [6.07, 6.45) is 0. The van der Waals surface area contributed by atoms with Crippen molar-refractivity contribution in [2.75, 3.05) is 4.90 Å². The van der Waals surface area contributed by atoms with Gasteiger partial charge in [-0.1, -0.05) is 243 Å². The lowest BCUT2D eigenvalue weighted by Crippen LogP contribution is -2.72. The molecule has 0 N–H and O–H groups in total. The number of nitrogens with zero attached hydrogens (tertiary/aromatic N) is 2. The second-order valence-corrected chi connectivity index (χ2v) is 28.1. The van der Waals surface area contributed by atoms with Gasteiger partial charge < -0.3 is 9.47 Å². The Balaban J connectivity index is 0.909. The van der Waals surface area contributed by atoms with Gasteiger partial charge in [0.1, 0.15) is 0 Å². The lowest BCUT2D eigenvalue weighted by molar-refractivity contribution is 1.18. The zero-order valence-corrected chi connectivity index (χ0v) is 42.3. The molecule has 0 atom stereocenters. The molecular weight excluding hydrogens is 901 g/mol. The van der Waals surface area contributed by atoms with Crippen molar-refractivity contribution in [2.45, 2.75) is 13.1 Å². The van der Waals surface area contributed by atoms with Gasteiger partial charge in [-0.3, -0.25) is 0 Å². The fraction of sp³-hybridized carbons (Fsp3) is 0.0294. The average molecular weight is 951 g/mol. The molecule has 14 rings (SSSR count). The smallest absolute Gasteiger partial charge is 0.0541 e. The van der Waals surface area contributed by atoms with Crippen LogP contribution >= 0.6 is 0 Å². The number of hydrogen-bond donors (Lipinski definition) is 0. The number of benzene rings is 11. The predicted octanol–water partition coefficient (Wildman–Crippen LogP) is 13.7. The third-order valence-corrected chi connectivity index (χ3v) is 24.3. The number of para-hydroxylation sites is 2. The fourth-order valence-electron chi connectivity index (χ4n) is 12.5. The van der Waals surface area contributed by atoms with Crippen molar-refractivity contribution in [3.8, 4) is 50.2 Å². The van der Waals surface area contributed by atoms with Gasteiger partial charge in [0.25, 0.3) is 0 Å². The molecule has 342 valence electrons. The molecule has 0 unspecified atom stereocenters. The molecule has 0 aliphatic carbocycles. The molecule has 72 heavy (non-hydrogen) atoms. The van der Waals surface area contributed by atoms with E-state index >= 15 is 0 Å². The van der Waals surface area contributed by atoms with Crippen molar-refractivity contribution in [3.63, 3.8) is 0 Å². The molecule has 11 aromatic carbocycles. The van der Waals surface area contributed by atoms with Crippen molar-refractivity contribution in [2.24, 2.45) is 0 Å². The highest BCUT2D eigenvalue weighted by Crippen LogP contribution is 2.42. The van der Waals surface area contributed by atoms with Crippen molar-refractivity contribution >= 4 is 86.1 Å². The molecule has 0 spiro atoms. The monoisotopic (exact) mass is 950 g/mol. The van der Waals surface area contributed by atoms with Crippen LogP contribution in [-0.2, 0) is 0 Å². The Kier molecular flexibility index (Phi) is 9.72. The summed E-state index contributed by atoms with van der Waals surface area (Å²) in [6.45, 7) is 5.10. The van der Waals surface area contributed by atoms with Crippen LogP contribution in [0.2, 0.25) is 13.1 Å². The molecule has 0 radical (unpaired) electrons. The summed E-state index contributed by atoms with van der Waals surface area (Å²) in [5.74, 6) is 0. The van der Waals surface area contributed by atoms with Crippen LogP contribution < -0.4 is 36.0 Å². The van der Waals surface area contributed by atoms with E-state index < -0.39 is 16.1 Å². The molecular formula is C68H50N2Si2-2. The lowest BCUT2D eigenvalue weighted by Gasteiger charge is -2.44. The Morgan fingerprint density at radius 3 is 1.46 bits per heavy atom. The molecule has 0 saturated heterocycles. The summed E-state index contributed by atoms with van der Waals surface area (Å²) >= 11 is 0. The number of rotatable bonds is 8. The van der Waals surface area contributed by atoms with Gasteiger partial charge in [0, 0.05) is 33.5 Å². The Hall–Kier alpha value is -8.55. The predicted molar refractivity (Wildman–Crippen MR) is 311 cm³/mol. The minimum Gasteiger partial charge on any atom is -0.311 e. The molecule has 4 heteroatoms. The quantitative estimate of drug-likeness (QED) is 0.138. The van der Waals surface area contributed by atoms with Gasteiger partial charge in [0.15, 0.2) is 0 Å². The van der Waals surface area contributed by atoms with E-state index in [9.17, 15) is 0 Å². The summed E-state index contributed by atoms with van der Waals surface area (Å²) in [5, 5.41) is 11.2. The van der Waals surface area contributed by atoms with E-state index in [1.54, 1.807) is 0 Å². The number of hydrogen-bond acceptors (Lipinski definition) is 1. The number of aromatic nitrogens is 1. The van der Waals surface area contributed by atoms with Crippen molar-refractivity contribution in [3.05, 3.63) is 267 Å². The van der Waals surface area contributed by atoms with Gasteiger partial charge in [-0.05, 0) is 84.9 Å². The van der Waals surface area contributed by atoms with Gasteiger partial charge in [-0.25, -0.2) is 0 Å². The topological polar surface area (TPSA) is 8.17 Å². The third-order valence-electron chi connectivity index (χ3n) is 15.9. The molecule has 1 aromatic heterocycles. The highest BCUT2D eigenvalue weighted by atomic mass is 28.3. The highest BCUT2D eigenvalue weighted by molar-refractivity contribution is 7.22. The molecule has 2 aliphatic heterocycles. The van der Waals surface area contributed by atoms with Gasteiger partial charge in [0.05, 0.1) is 11.0 Å². The van der Waals surface area contributed by atoms with Gasteiger partial charge in [-0.15, -0.1) is 0 Å². The molecule has 3 heterocycles. The van der Waals surface area contributed by atoms with E-state index in [2.05, 4.69) is 289 Å². The first-order valence-corrected chi connectivity index (χ1v) is 30.2. The molecule has 2 aliphatic rings. The molecule has 0 amide bonds. The molecule has 12 aromatic rings. The van der Waals surface area contributed by atoms with Crippen molar-refractivity contribution in [1.29, 1.82) is 0 Å². The first kappa shape index (κ1) is 42.3. The largest absolute Gasteiger partial charge is 0.311 e. The Morgan fingerprint density at radius 2 is 0.764 bits per heavy atom. The maximum atomic E-state index is 2.55. The molecule has 0 fully saturated rings. The first-order valence-electron chi connectivity index (χ1n) is 25.2. The van der Waals surface area contributed by atoms with E-state index in [1.165, 1.54) is 114 Å². The van der Waals surface area contributed by atoms with Crippen LogP contribution in [0.5, 0.6) is 0 Å². The zero-order valence-electron chi connectivity index (χ0n) is 40.3. The summed E-state index contributed by atoms with van der Waals surface area (Å²) in [5.41, 5.74) is 17.5. The zero-order chi connectivity index (χ0) is 48.0. The van der Waals surface area contributed by atoms with Crippen molar-refractivity contribution < 1.29 is 0 Å². The average Bonchev–Trinajstić information content (AvgIpc) is 4.02. The minimum atomic E-state index is -2.74. The summed E-state index contributed by atoms with van der Waals surface area (Å²) in [4.78, 5) is 2.52. The summed E-state index contributed by atoms with van der Waals surface area (Å²) in [6, 6.07) is 100. The molecule has 2 nitrogen and oxygen atoms in total. The maximum Gasteiger partial charge on any atom is 0.0541 e. The van der Waals surface area contributed by atoms with Gasteiger partial charge in [-0.2, -0.15) is 44.2 Å². The van der Waals surface area contributed by atoms with Crippen molar-refractivity contribution in [1.82, 2.24) is 4.57 Å². The number of anilines is 3. The summed E-state index contributed by atoms with van der Waals surface area (Å²) in [7, 11) is -4.95. The highest BCUT2D eigenvalue weighted by Gasteiger charge is 2.37. The second kappa shape index (κ2) is 16.5.